The van der Waals surface area contributed by atoms with Crippen LogP contribution in [-0.2, 0) is 6.42 Å². The molecular formula is C16H19Cl2N3. The second-order valence-corrected chi connectivity index (χ2v) is 5.87. The summed E-state index contributed by atoms with van der Waals surface area (Å²) in [6.07, 6.45) is 0.760. The summed E-state index contributed by atoms with van der Waals surface area (Å²) in [4.78, 5) is 11.0. The maximum atomic E-state index is 6.22. The zero-order chi connectivity index (χ0) is 15.6. The van der Waals surface area contributed by atoms with Crippen LogP contribution in [0.15, 0.2) is 24.3 Å². The smallest absolute Gasteiger partial charge is 0.137 e. The van der Waals surface area contributed by atoms with E-state index in [4.69, 9.17) is 23.2 Å². The number of hydrogen-bond acceptors (Lipinski definition) is 3. The number of nitrogens with zero attached hydrogens (tertiary/aromatic N) is 3. The van der Waals surface area contributed by atoms with Gasteiger partial charge in [-0.05, 0) is 31.5 Å². The van der Waals surface area contributed by atoms with Crippen LogP contribution in [0.2, 0.25) is 10.2 Å². The number of halogens is 2. The van der Waals surface area contributed by atoms with E-state index < -0.39 is 0 Å². The molecule has 1 aromatic heterocycles. The van der Waals surface area contributed by atoms with Crippen molar-refractivity contribution in [1.29, 1.82) is 0 Å². The molecule has 0 amide bonds. The van der Waals surface area contributed by atoms with E-state index in [9.17, 15) is 0 Å². The summed E-state index contributed by atoms with van der Waals surface area (Å²) in [6, 6.07) is 8.03. The first-order chi connectivity index (χ1) is 9.93. The van der Waals surface area contributed by atoms with Crippen LogP contribution < -0.4 is 4.90 Å². The third-order valence-electron chi connectivity index (χ3n) is 3.69. The highest BCUT2D eigenvalue weighted by molar-refractivity contribution is 6.30. The molecule has 2 aromatic rings. The maximum Gasteiger partial charge on any atom is 0.137 e. The lowest BCUT2D eigenvalue weighted by molar-refractivity contribution is 0.718. The number of aryl methyl sites for hydroxylation is 1. The van der Waals surface area contributed by atoms with Crippen LogP contribution in [0.3, 0.4) is 0 Å². The fraction of sp³-hybridized carbons (Fsp3) is 0.375. The van der Waals surface area contributed by atoms with Crippen molar-refractivity contribution in [1.82, 2.24) is 9.97 Å². The zero-order valence-corrected chi connectivity index (χ0v) is 14.2. The molecule has 1 aromatic carbocycles. The molecular weight excluding hydrogens is 305 g/mol. The van der Waals surface area contributed by atoms with Crippen molar-refractivity contribution < 1.29 is 0 Å². The van der Waals surface area contributed by atoms with Gasteiger partial charge >= 0.3 is 0 Å². The molecule has 0 spiro atoms. The molecule has 1 heterocycles. The van der Waals surface area contributed by atoms with E-state index in [2.05, 4.69) is 21.8 Å². The van der Waals surface area contributed by atoms with Gasteiger partial charge in [0, 0.05) is 24.1 Å². The van der Waals surface area contributed by atoms with Gasteiger partial charge in [0.1, 0.15) is 16.8 Å². The second-order valence-electron chi connectivity index (χ2n) is 5.07. The lowest BCUT2D eigenvalue weighted by atomic mass is 10.1. The van der Waals surface area contributed by atoms with Gasteiger partial charge in [-0.1, -0.05) is 42.3 Å². The molecule has 5 heteroatoms. The van der Waals surface area contributed by atoms with Gasteiger partial charge in [-0.2, -0.15) is 0 Å². The highest BCUT2D eigenvalue weighted by atomic mass is 35.5. The van der Waals surface area contributed by atoms with Crippen LogP contribution in [0.4, 0.5) is 5.82 Å². The highest BCUT2D eigenvalue weighted by Crippen LogP contribution is 2.29. The van der Waals surface area contributed by atoms with Crippen molar-refractivity contribution in [2.75, 3.05) is 11.9 Å². The molecule has 112 valence electrons. The van der Waals surface area contributed by atoms with E-state index in [0.29, 0.717) is 5.15 Å². The molecule has 2 rings (SSSR count). The molecule has 0 saturated heterocycles. The van der Waals surface area contributed by atoms with E-state index >= 15 is 0 Å². The van der Waals surface area contributed by atoms with Crippen molar-refractivity contribution in [3.05, 3.63) is 51.4 Å². The Kier molecular flexibility index (Phi) is 5.07. The average molecular weight is 324 g/mol. The molecule has 0 fully saturated rings. The Morgan fingerprint density at radius 2 is 1.76 bits per heavy atom. The number of aromatic nitrogens is 2. The monoisotopic (exact) mass is 323 g/mol. The standard InChI is InChI=1S/C16H19Cl2N3/c1-5-14-19-15(18)10(2)16(20-14)21(4)11(3)12-6-8-13(17)9-7-12/h6-9,11H,5H2,1-4H3. The maximum absolute atomic E-state index is 6.22. The van der Waals surface area contributed by atoms with Crippen molar-refractivity contribution in [3.8, 4) is 0 Å². The molecule has 0 radical (unpaired) electrons. The van der Waals surface area contributed by atoms with Crippen LogP contribution >= 0.6 is 23.2 Å². The highest BCUT2D eigenvalue weighted by Gasteiger charge is 2.18. The minimum atomic E-state index is 0.164. The molecule has 0 saturated carbocycles. The SMILES string of the molecule is CCc1nc(Cl)c(C)c(N(C)C(C)c2ccc(Cl)cc2)n1. The van der Waals surface area contributed by atoms with Gasteiger partial charge < -0.3 is 4.90 Å². The number of hydrogen-bond donors (Lipinski definition) is 0. The van der Waals surface area contributed by atoms with Crippen LogP contribution in [0, 0.1) is 6.92 Å². The predicted octanol–water partition coefficient (Wildman–Crippen LogP) is 4.85. The topological polar surface area (TPSA) is 29.0 Å². The van der Waals surface area contributed by atoms with Crippen LogP contribution in [-0.4, -0.2) is 17.0 Å². The third kappa shape index (κ3) is 3.47. The second kappa shape index (κ2) is 6.63. The van der Waals surface area contributed by atoms with Gasteiger partial charge in [0.05, 0.1) is 6.04 Å². The molecule has 3 nitrogen and oxygen atoms in total. The van der Waals surface area contributed by atoms with Crippen LogP contribution in [0.1, 0.15) is 36.8 Å². The first kappa shape index (κ1) is 16.1. The van der Waals surface area contributed by atoms with E-state index in [1.165, 1.54) is 5.56 Å². The Morgan fingerprint density at radius 3 is 2.33 bits per heavy atom. The Morgan fingerprint density at radius 1 is 1.14 bits per heavy atom. The fourth-order valence-corrected chi connectivity index (χ4v) is 2.48. The number of anilines is 1. The summed E-state index contributed by atoms with van der Waals surface area (Å²) >= 11 is 12.2. The first-order valence-corrected chi connectivity index (χ1v) is 7.71. The molecule has 21 heavy (non-hydrogen) atoms. The molecule has 0 aliphatic carbocycles. The van der Waals surface area contributed by atoms with Gasteiger partial charge in [-0.15, -0.1) is 0 Å². The minimum Gasteiger partial charge on any atom is -0.353 e. The fourth-order valence-electron chi connectivity index (χ4n) is 2.17. The lowest BCUT2D eigenvalue weighted by Crippen LogP contribution is -2.24. The largest absolute Gasteiger partial charge is 0.353 e. The molecule has 0 aliphatic heterocycles. The van der Waals surface area contributed by atoms with Crippen molar-refractivity contribution in [2.45, 2.75) is 33.2 Å². The first-order valence-electron chi connectivity index (χ1n) is 6.95. The zero-order valence-electron chi connectivity index (χ0n) is 12.7. The third-order valence-corrected chi connectivity index (χ3v) is 4.31. The van der Waals surface area contributed by atoms with E-state index in [1.54, 1.807) is 0 Å². The van der Waals surface area contributed by atoms with Gasteiger partial charge in [0.15, 0.2) is 0 Å². The van der Waals surface area contributed by atoms with Crippen LogP contribution in [0.5, 0.6) is 0 Å². The molecule has 0 aliphatic rings. The van der Waals surface area contributed by atoms with Crippen molar-refractivity contribution in [3.63, 3.8) is 0 Å². The van der Waals surface area contributed by atoms with E-state index in [0.717, 1.165) is 28.6 Å². The Labute approximate surface area is 135 Å². The molecule has 0 N–H and O–H groups in total. The van der Waals surface area contributed by atoms with Gasteiger partial charge in [0.25, 0.3) is 0 Å². The molecule has 1 atom stereocenters. The Bertz CT molecular complexity index is 626. The summed E-state index contributed by atoms with van der Waals surface area (Å²) in [5.74, 6) is 1.63. The average Bonchev–Trinajstić information content (AvgIpc) is 2.49. The lowest BCUT2D eigenvalue weighted by Gasteiger charge is -2.28. The summed E-state index contributed by atoms with van der Waals surface area (Å²) in [5.41, 5.74) is 2.08. The van der Waals surface area contributed by atoms with Gasteiger partial charge in [-0.25, -0.2) is 9.97 Å². The number of rotatable bonds is 4. The minimum absolute atomic E-state index is 0.164. The van der Waals surface area contributed by atoms with Crippen LogP contribution in [0.25, 0.3) is 0 Å². The molecule has 1 unspecified atom stereocenters. The normalized spacial score (nSPS) is 12.3. The van der Waals surface area contributed by atoms with Gasteiger partial charge in [0.2, 0.25) is 0 Å². The Hall–Kier alpha value is -1.32. The number of benzene rings is 1. The summed E-state index contributed by atoms with van der Waals surface area (Å²) < 4.78 is 0. The van der Waals surface area contributed by atoms with Gasteiger partial charge in [-0.3, -0.25) is 0 Å². The summed E-state index contributed by atoms with van der Waals surface area (Å²) in [6.45, 7) is 6.10. The van der Waals surface area contributed by atoms with E-state index in [-0.39, 0.29) is 6.04 Å². The van der Waals surface area contributed by atoms with Crippen molar-refractivity contribution >= 4 is 29.0 Å². The predicted molar refractivity (Wildman–Crippen MR) is 89.4 cm³/mol. The molecule has 0 bridgehead atoms. The summed E-state index contributed by atoms with van der Waals surface area (Å²) in [7, 11) is 2.02. The quantitative estimate of drug-likeness (QED) is 0.753. The van der Waals surface area contributed by atoms with Crippen molar-refractivity contribution in [2.24, 2.45) is 0 Å². The van der Waals surface area contributed by atoms with E-state index in [1.807, 2.05) is 45.2 Å². The summed E-state index contributed by atoms with van der Waals surface area (Å²) in [5, 5.41) is 1.26. The Balaban J connectivity index is 2.37.